The van der Waals surface area contributed by atoms with Gasteiger partial charge in [-0.2, -0.15) is 0 Å². The molecule has 1 aromatic carbocycles. The number of aromatic amines is 1. The molecule has 186 valence electrons. The molecule has 8 nitrogen and oxygen atoms in total. The zero-order valence-corrected chi connectivity index (χ0v) is 21.4. The van der Waals surface area contributed by atoms with Crippen LogP contribution in [-0.2, 0) is 16.0 Å². The number of aromatic nitrogens is 2. The van der Waals surface area contributed by atoms with Crippen LogP contribution in [0.5, 0.6) is 0 Å². The van der Waals surface area contributed by atoms with E-state index in [9.17, 15) is 14.7 Å². The number of halogens is 1. The first-order valence-corrected chi connectivity index (χ1v) is 11.9. The first-order chi connectivity index (χ1) is 15.7. The van der Waals surface area contributed by atoms with Crippen molar-refractivity contribution in [2.24, 2.45) is 5.41 Å². The maximum Gasteiger partial charge on any atom is 0.408 e. The van der Waals surface area contributed by atoms with Crippen molar-refractivity contribution in [3.05, 3.63) is 52.6 Å². The second-order valence-electron chi connectivity index (χ2n) is 10.9. The number of nitrogens with zero attached hydrogens (tertiary/aromatic N) is 2. The zero-order valence-electron chi connectivity index (χ0n) is 20.7. The Morgan fingerprint density at radius 1 is 1.26 bits per heavy atom. The topological polar surface area (TPSA) is 108 Å². The fourth-order valence-corrected chi connectivity index (χ4v) is 4.24. The van der Waals surface area contributed by atoms with Gasteiger partial charge >= 0.3 is 6.09 Å². The number of nitrogens with one attached hydrogen (secondary N) is 2. The first kappa shape index (κ1) is 26.0. The number of rotatable bonds is 5. The third-order valence-electron chi connectivity index (χ3n) is 5.64. The van der Waals surface area contributed by atoms with Gasteiger partial charge in [0, 0.05) is 36.3 Å². The Bertz CT molecular complexity index is 1020. The van der Waals surface area contributed by atoms with Gasteiger partial charge in [-0.05, 0) is 37.8 Å². The lowest BCUT2D eigenvalue weighted by Crippen LogP contribution is -2.55. The van der Waals surface area contributed by atoms with E-state index >= 15 is 0 Å². The van der Waals surface area contributed by atoms with Crippen molar-refractivity contribution in [2.75, 3.05) is 6.54 Å². The number of likely N-dealkylation sites (tertiary alicyclic amines) is 1. The predicted octanol–water partition coefficient (Wildman–Crippen LogP) is 4.23. The minimum atomic E-state index is -0.840. The lowest BCUT2D eigenvalue weighted by atomic mass is 9.85. The maximum atomic E-state index is 13.7. The number of imidazole rings is 1. The number of aliphatic hydroxyl groups is 1. The van der Waals surface area contributed by atoms with Crippen LogP contribution in [0.1, 0.15) is 71.1 Å². The molecule has 0 aliphatic carbocycles. The number of alkyl carbamates (subject to hydrolysis) is 1. The highest BCUT2D eigenvalue weighted by molar-refractivity contribution is 6.31. The molecule has 0 spiro atoms. The number of H-pyrrole nitrogens is 1. The van der Waals surface area contributed by atoms with Crippen LogP contribution >= 0.6 is 11.6 Å². The minimum absolute atomic E-state index is 0.159. The van der Waals surface area contributed by atoms with E-state index in [0.29, 0.717) is 23.7 Å². The van der Waals surface area contributed by atoms with E-state index in [1.807, 2.05) is 45.0 Å². The molecule has 0 radical (unpaired) electrons. The Morgan fingerprint density at radius 2 is 1.94 bits per heavy atom. The molecule has 1 fully saturated rings. The Labute approximate surface area is 206 Å². The van der Waals surface area contributed by atoms with Crippen LogP contribution in [0.15, 0.2) is 30.5 Å². The Balaban J connectivity index is 1.80. The summed E-state index contributed by atoms with van der Waals surface area (Å²) < 4.78 is 5.38. The molecule has 1 aliphatic rings. The van der Waals surface area contributed by atoms with E-state index in [2.05, 4.69) is 15.3 Å². The first-order valence-electron chi connectivity index (χ1n) is 11.5. The van der Waals surface area contributed by atoms with Gasteiger partial charge in [0.2, 0.25) is 5.91 Å². The van der Waals surface area contributed by atoms with Gasteiger partial charge < -0.3 is 25.0 Å². The molecule has 3 atom stereocenters. The van der Waals surface area contributed by atoms with Crippen molar-refractivity contribution < 1.29 is 19.4 Å². The van der Waals surface area contributed by atoms with Gasteiger partial charge in [-0.25, -0.2) is 9.78 Å². The number of β-amino-alcohol motifs (C(OH)–C–C–N with tert-alkyl or cyclic N) is 1. The normalized spacial score (nSPS) is 19.7. The monoisotopic (exact) mass is 490 g/mol. The molecule has 34 heavy (non-hydrogen) atoms. The van der Waals surface area contributed by atoms with E-state index in [1.165, 1.54) is 0 Å². The smallest absolute Gasteiger partial charge is 0.408 e. The summed E-state index contributed by atoms with van der Waals surface area (Å²) in [7, 11) is 0. The van der Waals surface area contributed by atoms with Gasteiger partial charge in [0.15, 0.2) is 0 Å². The Morgan fingerprint density at radius 3 is 2.56 bits per heavy atom. The highest BCUT2D eigenvalue weighted by Crippen LogP contribution is 2.34. The van der Waals surface area contributed by atoms with Crippen LogP contribution < -0.4 is 5.32 Å². The molecule has 1 saturated heterocycles. The van der Waals surface area contributed by atoms with Crippen molar-refractivity contribution >= 4 is 23.6 Å². The predicted molar refractivity (Wildman–Crippen MR) is 131 cm³/mol. The van der Waals surface area contributed by atoms with E-state index in [-0.39, 0.29) is 12.5 Å². The molecule has 3 rings (SSSR count). The highest BCUT2D eigenvalue weighted by Gasteiger charge is 2.43. The van der Waals surface area contributed by atoms with Crippen LogP contribution in [0, 0.1) is 5.41 Å². The number of ether oxygens (including phenoxy) is 1. The summed E-state index contributed by atoms with van der Waals surface area (Å²) in [6, 6.07) is 6.32. The number of carbonyl (C=O) groups excluding carboxylic acids is 2. The summed E-state index contributed by atoms with van der Waals surface area (Å²) in [4.78, 5) is 35.5. The standard InChI is InChI=1S/C25H35ClN4O4/c1-24(2,3)20(29-23(33)34-25(4,5)6)22(32)30-14-17(31)12-19(30)21-27-13-16(28-21)11-15-9-7-8-10-18(15)26/h7-10,13,17,19-20,31H,11-12,14H2,1-6H3,(H,27,28)(H,29,33)/t17-,19+,20-/m1/s1. The molecule has 0 unspecified atom stereocenters. The third-order valence-corrected chi connectivity index (χ3v) is 6.01. The summed E-state index contributed by atoms with van der Waals surface area (Å²) >= 11 is 6.29. The molecule has 3 N–H and O–H groups in total. The number of benzene rings is 1. The van der Waals surface area contributed by atoms with Crippen molar-refractivity contribution in [1.29, 1.82) is 0 Å². The SMILES string of the molecule is CC(C)(C)OC(=O)N[C@H](C(=O)N1C[C@H](O)C[C@H]1c1ncc(Cc2ccccc2Cl)[nH]1)C(C)(C)C. The Hall–Kier alpha value is -2.58. The number of hydrogen-bond donors (Lipinski definition) is 3. The van der Waals surface area contributed by atoms with Gasteiger partial charge in [0.05, 0.1) is 12.1 Å². The van der Waals surface area contributed by atoms with E-state index in [1.54, 1.807) is 31.9 Å². The van der Waals surface area contributed by atoms with E-state index in [4.69, 9.17) is 16.3 Å². The second-order valence-corrected chi connectivity index (χ2v) is 11.3. The van der Waals surface area contributed by atoms with Crippen molar-refractivity contribution in [3.63, 3.8) is 0 Å². The summed E-state index contributed by atoms with van der Waals surface area (Å²) in [5.41, 5.74) is 0.558. The molecule has 2 heterocycles. The molecule has 0 bridgehead atoms. The Kier molecular flexibility index (Phi) is 7.62. The summed E-state index contributed by atoms with van der Waals surface area (Å²) in [6.07, 6.45) is 1.31. The van der Waals surface area contributed by atoms with Crippen LogP contribution in [-0.4, -0.2) is 56.3 Å². The third kappa shape index (κ3) is 6.51. The molecule has 1 aliphatic heterocycles. The largest absolute Gasteiger partial charge is 0.444 e. The van der Waals surface area contributed by atoms with Crippen LogP contribution in [0.25, 0.3) is 0 Å². The minimum Gasteiger partial charge on any atom is -0.444 e. The van der Waals surface area contributed by atoms with Crippen LogP contribution in [0.4, 0.5) is 4.79 Å². The average molecular weight is 491 g/mol. The van der Waals surface area contributed by atoms with Gasteiger partial charge in [0.25, 0.3) is 0 Å². The molecule has 2 amide bonds. The average Bonchev–Trinajstić information content (AvgIpc) is 3.31. The number of hydrogen-bond acceptors (Lipinski definition) is 5. The van der Waals surface area contributed by atoms with E-state index in [0.717, 1.165) is 11.3 Å². The summed E-state index contributed by atoms with van der Waals surface area (Å²) in [5, 5.41) is 13.8. The van der Waals surface area contributed by atoms with Gasteiger partial charge in [0.1, 0.15) is 17.5 Å². The number of amides is 2. The molecule has 0 saturated carbocycles. The molecule has 9 heteroatoms. The van der Waals surface area contributed by atoms with Gasteiger partial charge in [-0.3, -0.25) is 4.79 Å². The van der Waals surface area contributed by atoms with Gasteiger partial charge in [-0.15, -0.1) is 0 Å². The fourth-order valence-electron chi connectivity index (χ4n) is 4.04. The van der Waals surface area contributed by atoms with Crippen molar-refractivity contribution in [3.8, 4) is 0 Å². The molecular weight excluding hydrogens is 456 g/mol. The molecule has 2 aromatic rings. The molecule has 1 aromatic heterocycles. The lowest BCUT2D eigenvalue weighted by Gasteiger charge is -2.35. The van der Waals surface area contributed by atoms with Crippen LogP contribution in [0.2, 0.25) is 5.02 Å². The van der Waals surface area contributed by atoms with E-state index < -0.39 is 35.3 Å². The van der Waals surface area contributed by atoms with Crippen molar-refractivity contribution in [2.45, 2.75) is 78.2 Å². The maximum absolute atomic E-state index is 13.7. The van der Waals surface area contributed by atoms with Gasteiger partial charge in [-0.1, -0.05) is 50.6 Å². The molecular formula is C25H35ClN4O4. The zero-order chi connectivity index (χ0) is 25.3. The fraction of sp³-hybridized carbons (Fsp3) is 0.560. The van der Waals surface area contributed by atoms with Crippen molar-refractivity contribution in [1.82, 2.24) is 20.2 Å². The highest BCUT2D eigenvalue weighted by atomic mass is 35.5. The van der Waals surface area contributed by atoms with Crippen LogP contribution in [0.3, 0.4) is 0 Å². The number of aliphatic hydroxyl groups excluding tert-OH is 1. The summed E-state index contributed by atoms with van der Waals surface area (Å²) in [6.45, 7) is 11.1. The second kappa shape index (κ2) is 9.96. The number of carbonyl (C=O) groups is 2. The lowest BCUT2D eigenvalue weighted by molar-refractivity contribution is -0.137. The summed E-state index contributed by atoms with van der Waals surface area (Å²) in [5.74, 6) is 0.306. The quantitative estimate of drug-likeness (QED) is 0.581.